The lowest BCUT2D eigenvalue weighted by Crippen LogP contribution is -2.16. The molecule has 0 fully saturated rings. The molecule has 1 heterocycles. The summed E-state index contributed by atoms with van der Waals surface area (Å²) < 4.78 is 53.7. The molecule has 0 spiro atoms. The number of nitrogens with zero attached hydrogens (tertiary/aromatic N) is 2. The van der Waals surface area contributed by atoms with Crippen molar-refractivity contribution in [2.75, 3.05) is 11.0 Å². The summed E-state index contributed by atoms with van der Waals surface area (Å²) >= 11 is 1.20. The molecule has 1 amide bonds. The number of thiazole rings is 1. The van der Waals surface area contributed by atoms with Crippen LogP contribution in [-0.4, -0.2) is 33.6 Å². The van der Waals surface area contributed by atoms with Gasteiger partial charge in [-0.05, 0) is 54.6 Å². The summed E-state index contributed by atoms with van der Waals surface area (Å²) in [6.07, 6.45) is 2.80. The highest BCUT2D eigenvalue weighted by molar-refractivity contribution is 7.92. The first kappa shape index (κ1) is 24.6. The smallest absolute Gasteiger partial charge is 0.279 e. The number of hydrogen-bond donors (Lipinski definition) is 1. The molecule has 3 aromatic carbocycles. The van der Waals surface area contributed by atoms with Gasteiger partial charge in [0.05, 0.1) is 20.0 Å². The Morgan fingerprint density at radius 3 is 2.31 bits per heavy atom. The van der Waals surface area contributed by atoms with Crippen LogP contribution in [-0.2, 0) is 26.4 Å². The van der Waals surface area contributed by atoms with Gasteiger partial charge < -0.3 is 4.57 Å². The predicted molar refractivity (Wildman–Crippen MR) is 137 cm³/mol. The average molecular weight is 528 g/mol. The maximum absolute atomic E-state index is 12.9. The van der Waals surface area contributed by atoms with Crippen molar-refractivity contribution in [3.05, 3.63) is 95.8 Å². The van der Waals surface area contributed by atoms with E-state index in [1.807, 2.05) is 0 Å². The molecular weight excluding hydrogens is 506 g/mol. The maximum atomic E-state index is 12.9. The molecule has 0 radical (unpaired) electrons. The number of amides is 1. The molecule has 0 aliphatic heterocycles. The third-order valence-electron chi connectivity index (χ3n) is 5.03. The number of hydrogen-bond acceptors (Lipinski definition) is 6. The SMILES string of the molecule is C=CCn1c(=NC(=O)c2ccc(NS(=O)(=O)c3ccccc3)cc2)sc2cc(S(C)(=O)=O)ccc21. The third-order valence-corrected chi connectivity index (χ3v) is 8.58. The van der Waals surface area contributed by atoms with Gasteiger partial charge in [0.15, 0.2) is 14.6 Å². The molecule has 0 atom stereocenters. The van der Waals surface area contributed by atoms with Crippen molar-refractivity contribution in [3.63, 3.8) is 0 Å². The van der Waals surface area contributed by atoms with Crippen molar-refractivity contribution in [3.8, 4) is 0 Å². The summed E-state index contributed by atoms with van der Waals surface area (Å²) in [6, 6.07) is 18.7. The molecule has 11 heteroatoms. The van der Waals surface area contributed by atoms with Gasteiger partial charge in [0.25, 0.3) is 15.9 Å². The van der Waals surface area contributed by atoms with Crippen molar-refractivity contribution in [2.24, 2.45) is 4.99 Å². The van der Waals surface area contributed by atoms with Crippen LogP contribution >= 0.6 is 11.3 Å². The lowest BCUT2D eigenvalue weighted by atomic mass is 10.2. The summed E-state index contributed by atoms with van der Waals surface area (Å²) in [5.74, 6) is -0.518. The maximum Gasteiger partial charge on any atom is 0.279 e. The molecule has 1 aromatic heterocycles. The van der Waals surface area contributed by atoms with Gasteiger partial charge in [0.1, 0.15) is 0 Å². The van der Waals surface area contributed by atoms with Crippen LogP contribution in [0.15, 0.2) is 100 Å². The number of sulfonamides is 1. The number of anilines is 1. The first-order valence-electron chi connectivity index (χ1n) is 10.3. The Labute approximate surface area is 206 Å². The Morgan fingerprint density at radius 2 is 1.69 bits per heavy atom. The lowest BCUT2D eigenvalue weighted by Gasteiger charge is -2.08. The lowest BCUT2D eigenvalue weighted by molar-refractivity contribution is 0.0998. The molecule has 4 rings (SSSR count). The van der Waals surface area contributed by atoms with E-state index in [1.165, 1.54) is 53.8 Å². The van der Waals surface area contributed by atoms with Gasteiger partial charge in [-0.25, -0.2) is 16.8 Å². The van der Waals surface area contributed by atoms with Crippen molar-refractivity contribution in [1.82, 2.24) is 4.57 Å². The van der Waals surface area contributed by atoms with Gasteiger partial charge in [-0.3, -0.25) is 9.52 Å². The molecule has 35 heavy (non-hydrogen) atoms. The molecule has 1 N–H and O–H groups in total. The number of nitrogens with one attached hydrogen (secondary N) is 1. The second-order valence-corrected chi connectivity index (χ2v) is 12.3. The number of aromatic nitrogens is 1. The molecule has 0 bridgehead atoms. The number of carbonyl (C=O) groups excluding carboxylic acids is 1. The minimum atomic E-state index is -3.75. The topological polar surface area (TPSA) is 115 Å². The van der Waals surface area contributed by atoms with Gasteiger partial charge in [0, 0.05) is 24.1 Å². The van der Waals surface area contributed by atoms with Crippen LogP contribution < -0.4 is 9.52 Å². The predicted octanol–water partition coefficient (Wildman–Crippen LogP) is 3.83. The number of benzene rings is 3. The molecule has 180 valence electrons. The van der Waals surface area contributed by atoms with Crippen molar-refractivity contribution in [2.45, 2.75) is 16.3 Å². The monoisotopic (exact) mass is 527 g/mol. The van der Waals surface area contributed by atoms with Gasteiger partial charge in [-0.15, -0.1) is 6.58 Å². The van der Waals surface area contributed by atoms with E-state index in [0.29, 0.717) is 21.7 Å². The fraction of sp³-hybridized carbons (Fsp3) is 0.0833. The van der Waals surface area contributed by atoms with E-state index >= 15 is 0 Å². The Balaban J connectivity index is 1.65. The van der Waals surface area contributed by atoms with Crippen LogP contribution in [0, 0.1) is 0 Å². The highest BCUT2D eigenvalue weighted by Crippen LogP contribution is 2.22. The zero-order chi connectivity index (χ0) is 25.2. The minimum Gasteiger partial charge on any atom is -0.312 e. The molecule has 0 saturated heterocycles. The van der Waals surface area contributed by atoms with E-state index in [0.717, 1.165) is 11.8 Å². The Hall–Kier alpha value is -3.54. The van der Waals surface area contributed by atoms with Gasteiger partial charge >= 0.3 is 0 Å². The highest BCUT2D eigenvalue weighted by Gasteiger charge is 2.15. The fourth-order valence-corrected chi connectivity index (χ4v) is 6.20. The summed E-state index contributed by atoms with van der Waals surface area (Å²) in [6.45, 7) is 4.12. The van der Waals surface area contributed by atoms with E-state index in [9.17, 15) is 21.6 Å². The van der Waals surface area contributed by atoms with E-state index < -0.39 is 25.8 Å². The molecule has 0 unspecified atom stereocenters. The first-order chi connectivity index (χ1) is 16.6. The van der Waals surface area contributed by atoms with Crippen LogP contribution in [0.5, 0.6) is 0 Å². The summed E-state index contributed by atoms with van der Waals surface area (Å²) in [7, 11) is -7.13. The van der Waals surface area contributed by atoms with Crippen LogP contribution in [0.4, 0.5) is 5.69 Å². The molecule has 0 aliphatic rings. The van der Waals surface area contributed by atoms with Crippen LogP contribution in [0.2, 0.25) is 0 Å². The van der Waals surface area contributed by atoms with Crippen molar-refractivity contribution >= 4 is 53.0 Å². The van der Waals surface area contributed by atoms with Crippen LogP contribution in [0.1, 0.15) is 10.4 Å². The molecular formula is C24H21N3O5S3. The molecule has 8 nitrogen and oxygen atoms in total. The molecule has 0 aliphatic carbocycles. The summed E-state index contributed by atoms with van der Waals surface area (Å²) in [5.41, 5.74) is 1.31. The van der Waals surface area contributed by atoms with Gasteiger partial charge in [0.2, 0.25) is 0 Å². The second-order valence-electron chi connectivity index (χ2n) is 7.60. The summed E-state index contributed by atoms with van der Waals surface area (Å²) in [5, 5.41) is 0. The zero-order valence-corrected chi connectivity index (χ0v) is 21.0. The average Bonchev–Trinajstić information content (AvgIpc) is 3.16. The zero-order valence-electron chi connectivity index (χ0n) is 18.6. The quantitative estimate of drug-likeness (QED) is 0.367. The van der Waals surface area contributed by atoms with Crippen LogP contribution in [0.25, 0.3) is 10.2 Å². The first-order valence-corrected chi connectivity index (χ1v) is 14.5. The second kappa shape index (κ2) is 9.61. The van der Waals surface area contributed by atoms with Crippen LogP contribution in [0.3, 0.4) is 0 Å². The number of fused-ring (bicyclic) bond motifs is 1. The van der Waals surface area contributed by atoms with Gasteiger partial charge in [-0.1, -0.05) is 35.6 Å². The fourth-order valence-electron chi connectivity index (χ4n) is 3.32. The number of sulfone groups is 1. The van der Waals surface area contributed by atoms with E-state index in [4.69, 9.17) is 0 Å². The normalized spacial score (nSPS) is 12.5. The Kier molecular flexibility index (Phi) is 6.75. The third kappa shape index (κ3) is 5.42. The number of carbonyl (C=O) groups is 1. The molecule has 4 aromatic rings. The number of allylic oxidation sites excluding steroid dienone is 1. The largest absolute Gasteiger partial charge is 0.312 e. The van der Waals surface area contributed by atoms with Gasteiger partial charge in [-0.2, -0.15) is 4.99 Å². The standard InChI is InChI=1S/C24H21N3O5S3/c1-3-15-27-21-14-13-20(34(2,29)30)16-22(21)33-24(27)25-23(28)17-9-11-18(12-10-17)26-35(31,32)19-7-5-4-6-8-19/h3-14,16,26H,1,15H2,2H3. The number of rotatable bonds is 7. The van der Waals surface area contributed by atoms with E-state index in [-0.39, 0.29) is 15.4 Å². The van der Waals surface area contributed by atoms with Crippen molar-refractivity contribution < 1.29 is 21.6 Å². The summed E-state index contributed by atoms with van der Waals surface area (Å²) in [4.78, 5) is 17.8. The molecule has 0 saturated carbocycles. The highest BCUT2D eigenvalue weighted by atomic mass is 32.2. The van der Waals surface area contributed by atoms with Crippen molar-refractivity contribution in [1.29, 1.82) is 0 Å². The Bertz CT molecular complexity index is 1700. The Morgan fingerprint density at radius 1 is 1.00 bits per heavy atom. The van der Waals surface area contributed by atoms with E-state index in [2.05, 4.69) is 16.3 Å². The van der Waals surface area contributed by atoms with E-state index in [1.54, 1.807) is 41.0 Å². The minimum absolute atomic E-state index is 0.130.